The number of rotatable bonds is 6. The number of carbonyl (C=O) groups excluding carboxylic acids is 1. The maximum Gasteiger partial charge on any atom is 0.416 e. The van der Waals surface area contributed by atoms with E-state index in [0.29, 0.717) is 56.0 Å². The van der Waals surface area contributed by atoms with Gasteiger partial charge in [-0.15, -0.1) is 0 Å². The minimum Gasteiger partial charge on any atom is -0.359 e. The highest BCUT2D eigenvalue weighted by atomic mass is 19.4. The molecule has 0 bridgehead atoms. The van der Waals surface area contributed by atoms with Gasteiger partial charge in [0.05, 0.1) is 17.7 Å². The molecular weight excluding hydrogens is 401 g/mol. The molecule has 0 radical (unpaired) electrons. The van der Waals surface area contributed by atoms with Gasteiger partial charge in [0, 0.05) is 31.6 Å². The first kappa shape index (κ1) is 19.9. The summed E-state index contributed by atoms with van der Waals surface area (Å²) >= 11 is 0. The number of nitrogens with zero attached hydrogens (tertiary/aromatic N) is 5. The lowest BCUT2D eigenvalue weighted by Crippen LogP contribution is -2.35. The van der Waals surface area contributed by atoms with Crippen molar-refractivity contribution < 1.29 is 22.5 Å². The molecule has 158 valence electrons. The van der Waals surface area contributed by atoms with Gasteiger partial charge in [0.2, 0.25) is 5.91 Å². The van der Waals surface area contributed by atoms with Crippen molar-refractivity contribution in [3.8, 4) is 0 Å². The molecule has 1 aliphatic heterocycles. The normalized spacial score (nSPS) is 13.9. The van der Waals surface area contributed by atoms with Gasteiger partial charge in [-0.3, -0.25) is 9.48 Å². The second-order valence-corrected chi connectivity index (χ2v) is 6.96. The van der Waals surface area contributed by atoms with Crippen LogP contribution < -0.4 is 5.32 Å². The van der Waals surface area contributed by atoms with Gasteiger partial charge >= 0.3 is 6.18 Å². The van der Waals surface area contributed by atoms with Gasteiger partial charge < -0.3 is 14.7 Å². The number of carbonyl (C=O) groups is 1. The van der Waals surface area contributed by atoms with Crippen molar-refractivity contribution in [3.05, 3.63) is 53.8 Å². The Morgan fingerprint density at radius 2 is 2.17 bits per heavy atom. The number of alkyl halides is 3. The molecule has 0 saturated heterocycles. The molecule has 0 spiro atoms. The third-order valence-corrected chi connectivity index (χ3v) is 4.88. The Morgan fingerprint density at radius 3 is 2.93 bits per heavy atom. The maximum absolute atomic E-state index is 12.9. The van der Waals surface area contributed by atoms with Gasteiger partial charge in [0.15, 0.2) is 5.82 Å². The zero-order valence-electron chi connectivity index (χ0n) is 15.9. The SMILES string of the molecule is O=C(CCCn1cncn1)N1CCc2onc(Nc3cccc(C(F)(F)F)c3)c2C1. The summed E-state index contributed by atoms with van der Waals surface area (Å²) in [5.74, 6) is 0.951. The van der Waals surface area contributed by atoms with E-state index in [2.05, 4.69) is 20.6 Å². The van der Waals surface area contributed by atoms with E-state index in [0.717, 1.165) is 12.1 Å². The molecule has 2 aromatic heterocycles. The molecule has 0 saturated carbocycles. The second-order valence-electron chi connectivity index (χ2n) is 6.96. The predicted octanol–water partition coefficient (Wildman–Crippen LogP) is 3.39. The quantitative estimate of drug-likeness (QED) is 0.658. The number of nitrogens with one attached hydrogen (secondary N) is 1. The van der Waals surface area contributed by atoms with E-state index < -0.39 is 11.7 Å². The number of aryl methyl sites for hydroxylation is 1. The van der Waals surface area contributed by atoms with Crippen molar-refractivity contribution in [2.75, 3.05) is 11.9 Å². The minimum absolute atomic E-state index is 0.00742. The number of amides is 1. The number of aromatic nitrogens is 4. The molecule has 1 aromatic carbocycles. The first-order chi connectivity index (χ1) is 14.4. The van der Waals surface area contributed by atoms with Crippen LogP contribution in [0.2, 0.25) is 0 Å². The van der Waals surface area contributed by atoms with Crippen molar-refractivity contribution in [2.45, 2.75) is 38.5 Å². The first-order valence-electron chi connectivity index (χ1n) is 9.42. The maximum atomic E-state index is 12.9. The minimum atomic E-state index is -4.43. The van der Waals surface area contributed by atoms with Crippen LogP contribution in [0.1, 0.15) is 29.7 Å². The summed E-state index contributed by atoms with van der Waals surface area (Å²) in [7, 11) is 0. The number of benzene rings is 1. The summed E-state index contributed by atoms with van der Waals surface area (Å²) in [5.41, 5.74) is 0.176. The van der Waals surface area contributed by atoms with E-state index in [9.17, 15) is 18.0 Å². The van der Waals surface area contributed by atoms with Gasteiger partial charge in [-0.25, -0.2) is 4.98 Å². The van der Waals surface area contributed by atoms with E-state index >= 15 is 0 Å². The molecule has 4 rings (SSSR count). The van der Waals surface area contributed by atoms with E-state index in [1.807, 2.05) is 0 Å². The first-order valence-corrected chi connectivity index (χ1v) is 9.42. The van der Waals surface area contributed by atoms with Crippen LogP contribution in [-0.2, 0) is 30.5 Å². The Bertz CT molecular complexity index is 1020. The van der Waals surface area contributed by atoms with E-state index in [-0.39, 0.29) is 11.6 Å². The third-order valence-electron chi connectivity index (χ3n) is 4.88. The zero-order valence-corrected chi connectivity index (χ0v) is 15.9. The van der Waals surface area contributed by atoms with Crippen molar-refractivity contribution in [1.29, 1.82) is 0 Å². The molecule has 3 heterocycles. The Hall–Kier alpha value is -3.37. The molecule has 3 aromatic rings. The molecule has 8 nitrogen and oxygen atoms in total. The van der Waals surface area contributed by atoms with Gasteiger partial charge in [-0.2, -0.15) is 18.3 Å². The zero-order chi connectivity index (χ0) is 21.1. The molecule has 0 fully saturated rings. The lowest BCUT2D eigenvalue weighted by atomic mass is 10.1. The van der Waals surface area contributed by atoms with Crippen LogP contribution in [0.25, 0.3) is 0 Å². The highest BCUT2D eigenvalue weighted by Gasteiger charge is 2.31. The summed E-state index contributed by atoms with van der Waals surface area (Å²) in [6, 6.07) is 4.86. The van der Waals surface area contributed by atoms with Crippen LogP contribution in [0.3, 0.4) is 0 Å². The summed E-state index contributed by atoms with van der Waals surface area (Å²) in [4.78, 5) is 18.1. The summed E-state index contributed by atoms with van der Waals surface area (Å²) in [6.07, 6.45) is 0.0958. The average Bonchev–Trinajstić information content (AvgIpc) is 3.37. The fourth-order valence-corrected chi connectivity index (χ4v) is 3.33. The molecule has 0 atom stereocenters. The van der Waals surface area contributed by atoms with Crippen LogP contribution in [0.5, 0.6) is 0 Å². The molecule has 0 aliphatic carbocycles. The van der Waals surface area contributed by atoms with Crippen molar-refractivity contribution >= 4 is 17.4 Å². The number of fused-ring (bicyclic) bond motifs is 1. The summed E-state index contributed by atoms with van der Waals surface area (Å²) in [6.45, 7) is 1.40. The fourth-order valence-electron chi connectivity index (χ4n) is 3.33. The number of anilines is 2. The Labute approximate surface area is 169 Å². The number of hydrogen-bond acceptors (Lipinski definition) is 6. The van der Waals surface area contributed by atoms with Crippen LogP contribution >= 0.6 is 0 Å². The largest absolute Gasteiger partial charge is 0.416 e. The van der Waals surface area contributed by atoms with Crippen LogP contribution in [0, 0.1) is 0 Å². The summed E-state index contributed by atoms with van der Waals surface area (Å²) in [5, 5.41) is 10.8. The summed E-state index contributed by atoms with van der Waals surface area (Å²) < 4.78 is 45.8. The van der Waals surface area contributed by atoms with Gasteiger partial charge in [0.1, 0.15) is 18.4 Å². The number of hydrogen-bond donors (Lipinski definition) is 1. The highest BCUT2D eigenvalue weighted by Crippen LogP contribution is 2.33. The van der Waals surface area contributed by atoms with Gasteiger partial charge in [0.25, 0.3) is 0 Å². The second kappa shape index (κ2) is 8.17. The number of halogens is 3. The highest BCUT2D eigenvalue weighted by molar-refractivity contribution is 5.77. The van der Waals surface area contributed by atoms with Crippen LogP contribution in [0.4, 0.5) is 24.7 Å². The Kier molecular flexibility index (Phi) is 5.42. The molecule has 1 N–H and O–H groups in total. The van der Waals surface area contributed by atoms with Crippen molar-refractivity contribution in [3.63, 3.8) is 0 Å². The van der Waals surface area contributed by atoms with Crippen molar-refractivity contribution in [1.82, 2.24) is 24.8 Å². The van der Waals surface area contributed by atoms with Crippen molar-refractivity contribution in [2.24, 2.45) is 0 Å². The molecular formula is C19H19F3N6O2. The lowest BCUT2D eigenvalue weighted by Gasteiger charge is -2.26. The van der Waals surface area contributed by atoms with Crippen LogP contribution in [-0.4, -0.2) is 37.3 Å². The fraction of sp³-hybridized carbons (Fsp3) is 0.368. The third kappa shape index (κ3) is 4.44. The molecule has 1 aliphatic rings. The van der Waals surface area contributed by atoms with Gasteiger partial charge in [-0.1, -0.05) is 11.2 Å². The average molecular weight is 420 g/mol. The topological polar surface area (TPSA) is 89.1 Å². The molecule has 30 heavy (non-hydrogen) atoms. The van der Waals surface area contributed by atoms with Gasteiger partial charge in [-0.05, 0) is 24.6 Å². The Balaban J connectivity index is 1.40. The van der Waals surface area contributed by atoms with E-state index in [4.69, 9.17) is 4.52 Å². The van der Waals surface area contributed by atoms with E-state index in [1.165, 1.54) is 18.5 Å². The predicted molar refractivity (Wildman–Crippen MR) is 99.6 cm³/mol. The van der Waals surface area contributed by atoms with Crippen LogP contribution in [0.15, 0.2) is 41.4 Å². The molecule has 11 heteroatoms. The molecule has 0 unspecified atom stereocenters. The van der Waals surface area contributed by atoms with E-state index in [1.54, 1.807) is 15.9 Å². The lowest BCUT2D eigenvalue weighted by molar-refractivity contribution is -0.137. The molecule has 1 amide bonds. The Morgan fingerprint density at radius 1 is 1.30 bits per heavy atom. The monoisotopic (exact) mass is 420 g/mol. The standard InChI is InChI=1S/C19H19F3N6O2/c20-19(21,22)13-3-1-4-14(9-13)25-18-15-10-27(8-6-16(15)30-26-18)17(29)5-2-7-28-12-23-11-24-28/h1,3-4,9,11-12H,2,5-8,10H2,(H,25,26). The smallest absolute Gasteiger partial charge is 0.359 e.